The van der Waals surface area contributed by atoms with E-state index in [1.165, 1.54) is 16.4 Å². The summed E-state index contributed by atoms with van der Waals surface area (Å²) >= 11 is 1.32. The maximum Gasteiger partial charge on any atom is 0.236 e. The highest BCUT2D eigenvalue weighted by molar-refractivity contribution is 8.00. The Balaban J connectivity index is 2.15. The van der Waals surface area contributed by atoms with Crippen LogP contribution in [0, 0.1) is 0 Å². The van der Waals surface area contributed by atoms with Gasteiger partial charge in [0, 0.05) is 17.6 Å². The maximum atomic E-state index is 12.8. The number of nitrogens with two attached hydrogens (primary N) is 1. The number of aromatic nitrogens is 3. The number of carbonyl (C=O) groups is 1. The van der Waals surface area contributed by atoms with Gasteiger partial charge in [0.1, 0.15) is 5.75 Å². The zero-order chi connectivity index (χ0) is 20.1. The molecule has 0 aliphatic rings. The Labute approximate surface area is 165 Å². The summed E-state index contributed by atoms with van der Waals surface area (Å²) in [6.07, 6.45) is 0. The molecule has 27 heavy (non-hydrogen) atoms. The lowest BCUT2D eigenvalue weighted by Crippen LogP contribution is -2.45. The van der Waals surface area contributed by atoms with Crippen LogP contribution < -0.4 is 10.6 Å². The predicted octanol–water partition coefficient (Wildman–Crippen LogP) is 3.18. The van der Waals surface area contributed by atoms with E-state index in [0.29, 0.717) is 17.6 Å². The van der Waals surface area contributed by atoms with Gasteiger partial charge >= 0.3 is 0 Å². The predicted molar refractivity (Wildman–Crippen MR) is 109 cm³/mol. The fourth-order valence-corrected chi connectivity index (χ4v) is 3.77. The third-order valence-electron chi connectivity index (χ3n) is 4.09. The number of nitrogens with zero attached hydrogens (tertiary/aromatic N) is 4. The molecule has 1 aromatic carbocycles. The second kappa shape index (κ2) is 9.12. The summed E-state index contributed by atoms with van der Waals surface area (Å²) in [7, 11) is 0. The van der Waals surface area contributed by atoms with Crippen LogP contribution in [0.2, 0.25) is 0 Å². The van der Waals surface area contributed by atoms with Crippen LogP contribution in [-0.4, -0.2) is 49.6 Å². The van der Waals surface area contributed by atoms with Crippen molar-refractivity contribution in [2.24, 2.45) is 0 Å². The summed E-state index contributed by atoms with van der Waals surface area (Å²) in [6, 6.07) is 7.79. The van der Waals surface area contributed by atoms with Gasteiger partial charge < -0.3 is 15.5 Å². The zero-order valence-corrected chi connectivity index (χ0v) is 17.7. The topological polar surface area (TPSA) is 86.3 Å². The molecule has 0 aliphatic heterocycles. The number of thioether (sulfide) groups is 1. The van der Waals surface area contributed by atoms with E-state index in [9.17, 15) is 4.79 Å². The number of carbonyl (C=O) groups excluding carboxylic acids is 1. The molecule has 1 aromatic heterocycles. The van der Waals surface area contributed by atoms with Crippen LogP contribution in [0.15, 0.2) is 29.4 Å². The van der Waals surface area contributed by atoms with Crippen LogP contribution in [0.3, 0.4) is 0 Å². The third-order valence-corrected chi connectivity index (χ3v) is 5.13. The molecule has 0 fully saturated rings. The minimum absolute atomic E-state index is 0.0654. The number of benzene rings is 1. The standard InChI is InChI=1S/C19H29N5O2S/c1-7-26-16-10-8-15(9-11-16)17-21-22-19(24(17)20)27-14(6)18(25)23(12(2)3)13(4)5/h8-14H,7,20H2,1-6H3/t14-/m0/s1. The molecule has 0 saturated carbocycles. The van der Waals surface area contributed by atoms with Crippen LogP contribution in [0.1, 0.15) is 41.5 Å². The fraction of sp³-hybridized carbons (Fsp3) is 0.526. The molecule has 148 valence electrons. The molecule has 1 amide bonds. The fourth-order valence-electron chi connectivity index (χ4n) is 2.94. The molecule has 2 aromatic rings. The summed E-state index contributed by atoms with van der Waals surface area (Å²) < 4.78 is 6.88. The van der Waals surface area contributed by atoms with Gasteiger partial charge in [-0.2, -0.15) is 0 Å². The van der Waals surface area contributed by atoms with Crippen LogP contribution >= 0.6 is 11.8 Å². The van der Waals surface area contributed by atoms with Crippen molar-refractivity contribution >= 4 is 17.7 Å². The first-order valence-corrected chi connectivity index (χ1v) is 10.1. The van der Waals surface area contributed by atoms with E-state index < -0.39 is 0 Å². The lowest BCUT2D eigenvalue weighted by Gasteiger charge is -2.32. The van der Waals surface area contributed by atoms with E-state index in [1.54, 1.807) is 0 Å². The van der Waals surface area contributed by atoms with E-state index in [4.69, 9.17) is 10.6 Å². The third kappa shape index (κ3) is 4.94. The Morgan fingerprint density at radius 3 is 2.26 bits per heavy atom. The Kier molecular flexibility index (Phi) is 7.12. The van der Waals surface area contributed by atoms with E-state index >= 15 is 0 Å². The zero-order valence-electron chi connectivity index (χ0n) is 16.8. The van der Waals surface area contributed by atoms with Crippen molar-refractivity contribution < 1.29 is 9.53 Å². The molecular weight excluding hydrogens is 362 g/mol. The summed E-state index contributed by atoms with van der Waals surface area (Å²) in [5.74, 6) is 7.59. The van der Waals surface area contributed by atoms with Gasteiger partial charge in [0.2, 0.25) is 11.1 Å². The molecule has 0 spiro atoms. The van der Waals surface area contributed by atoms with Crippen molar-refractivity contribution in [3.8, 4) is 17.1 Å². The van der Waals surface area contributed by atoms with Gasteiger partial charge in [-0.15, -0.1) is 10.2 Å². The maximum absolute atomic E-state index is 12.8. The van der Waals surface area contributed by atoms with Gasteiger partial charge in [-0.05, 0) is 65.8 Å². The first-order chi connectivity index (χ1) is 12.8. The minimum Gasteiger partial charge on any atom is -0.494 e. The van der Waals surface area contributed by atoms with E-state index in [-0.39, 0.29) is 23.2 Å². The van der Waals surface area contributed by atoms with Crippen LogP contribution in [0.25, 0.3) is 11.4 Å². The normalized spacial score (nSPS) is 12.4. The molecule has 1 atom stereocenters. The highest BCUT2D eigenvalue weighted by Gasteiger charge is 2.27. The monoisotopic (exact) mass is 391 g/mol. The molecular formula is C19H29N5O2S. The van der Waals surface area contributed by atoms with Crippen LogP contribution in [0.4, 0.5) is 0 Å². The SMILES string of the molecule is CCOc1ccc(-c2nnc(S[C@@H](C)C(=O)N(C(C)C)C(C)C)n2N)cc1. The number of amides is 1. The van der Waals surface area contributed by atoms with Gasteiger partial charge in [0.15, 0.2) is 5.82 Å². The molecule has 0 bridgehead atoms. The second-order valence-corrected chi connectivity index (χ2v) is 8.13. The van der Waals surface area contributed by atoms with E-state index in [2.05, 4.69) is 10.2 Å². The number of hydrogen-bond acceptors (Lipinski definition) is 6. The molecule has 0 saturated heterocycles. The van der Waals surface area contributed by atoms with Crippen molar-refractivity contribution in [1.82, 2.24) is 19.8 Å². The molecule has 7 nitrogen and oxygen atoms in total. The molecule has 1 heterocycles. The Morgan fingerprint density at radius 2 is 1.74 bits per heavy atom. The van der Waals surface area contributed by atoms with Gasteiger partial charge in [0.25, 0.3) is 0 Å². The molecule has 0 radical (unpaired) electrons. The van der Waals surface area contributed by atoms with Gasteiger partial charge in [-0.1, -0.05) is 11.8 Å². The Hall–Kier alpha value is -2.22. The molecule has 2 rings (SSSR count). The lowest BCUT2D eigenvalue weighted by molar-refractivity contribution is -0.133. The molecule has 0 unspecified atom stereocenters. The first kappa shape index (κ1) is 21.1. The largest absolute Gasteiger partial charge is 0.494 e. The number of hydrogen-bond donors (Lipinski definition) is 1. The highest BCUT2D eigenvalue weighted by Crippen LogP contribution is 2.27. The van der Waals surface area contributed by atoms with Crippen molar-refractivity contribution in [2.75, 3.05) is 12.4 Å². The smallest absolute Gasteiger partial charge is 0.236 e. The van der Waals surface area contributed by atoms with Gasteiger partial charge in [-0.3, -0.25) is 4.79 Å². The van der Waals surface area contributed by atoms with E-state index in [0.717, 1.165) is 11.3 Å². The molecule has 0 aliphatic carbocycles. The van der Waals surface area contributed by atoms with Crippen LogP contribution in [0.5, 0.6) is 5.75 Å². The average molecular weight is 392 g/mol. The van der Waals surface area contributed by atoms with Gasteiger partial charge in [-0.25, -0.2) is 4.68 Å². The van der Waals surface area contributed by atoms with E-state index in [1.807, 2.05) is 70.7 Å². The van der Waals surface area contributed by atoms with Crippen molar-refractivity contribution in [1.29, 1.82) is 0 Å². The summed E-state index contributed by atoms with van der Waals surface area (Å²) in [5.41, 5.74) is 0.838. The van der Waals surface area contributed by atoms with Crippen molar-refractivity contribution in [3.05, 3.63) is 24.3 Å². The number of nitrogen functional groups attached to an aromatic ring is 1. The van der Waals surface area contributed by atoms with Crippen molar-refractivity contribution in [3.63, 3.8) is 0 Å². The number of rotatable bonds is 8. The Bertz CT molecular complexity index is 750. The van der Waals surface area contributed by atoms with Gasteiger partial charge in [0.05, 0.1) is 11.9 Å². The molecule has 2 N–H and O–H groups in total. The summed E-state index contributed by atoms with van der Waals surface area (Å²) in [5, 5.41) is 8.56. The average Bonchev–Trinajstić information content (AvgIpc) is 2.96. The lowest BCUT2D eigenvalue weighted by atomic mass is 10.2. The number of ether oxygens (including phenoxy) is 1. The highest BCUT2D eigenvalue weighted by atomic mass is 32.2. The van der Waals surface area contributed by atoms with Crippen LogP contribution in [-0.2, 0) is 4.79 Å². The summed E-state index contributed by atoms with van der Waals surface area (Å²) in [6.45, 7) is 12.5. The quantitative estimate of drug-likeness (QED) is 0.549. The minimum atomic E-state index is -0.311. The second-order valence-electron chi connectivity index (χ2n) is 6.83. The first-order valence-electron chi connectivity index (χ1n) is 9.18. The van der Waals surface area contributed by atoms with Crippen molar-refractivity contribution in [2.45, 2.75) is 64.0 Å². The molecule has 8 heteroatoms. The summed E-state index contributed by atoms with van der Waals surface area (Å²) in [4.78, 5) is 14.7. The Morgan fingerprint density at radius 1 is 1.15 bits per heavy atom.